The van der Waals surface area contributed by atoms with Gasteiger partial charge in [-0.05, 0) is 54.7 Å². The van der Waals surface area contributed by atoms with Crippen molar-refractivity contribution < 1.29 is 0 Å². The topological polar surface area (TPSA) is 55.0 Å². The van der Waals surface area contributed by atoms with Crippen LogP contribution in [0.2, 0.25) is 0 Å². The van der Waals surface area contributed by atoms with E-state index in [1.54, 1.807) is 0 Å². The van der Waals surface area contributed by atoms with E-state index in [4.69, 9.17) is 10.7 Å². The summed E-state index contributed by atoms with van der Waals surface area (Å²) in [5.74, 6) is 0.988. The summed E-state index contributed by atoms with van der Waals surface area (Å²) in [7, 11) is 0. The van der Waals surface area contributed by atoms with E-state index in [0.29, 0.717) is 0 Å². The summed E-state index contributed by atoms with van der Waals surface area (Å²) < 4.78 is 0. The fourth-order valence-corrected chi connectivity index (χ4v) is 3.17. The molecule has 0 spiro atoms. The predicted molar refractivity (Wildman–Crippen MR) is 95.5 cm³/mol. The summed E-state index contributed by atoms with van der Waals surface area (Å²) in [4.78, 5) is 11.8. The van der Waals surface area contributed by atoms with Crippen molar-refractivity contribution in [3.8, 4) is 11.1 Å². The molecule has 4 rings (SSSR count). The first-order valence-electron chi connectivity index (χ1n) is 8.17. The molecule has 0 amide bonds. The largest absolute Gasteiger partial charge is 0.399 e. The third kappa shape index (κ3) is 2.84. The fourth-order valence-electron chi connectivity index (χ4n) is 3.17. The number of fused-ring (bicyclic) bond motifs is 1. The summed E-state index contributed by atoms with van der Waals surface area (Å²) >= 11 is 0. The summed E-state index contributed by atoms with van der Waals surface area (Å²) in [6.07, 6.45) is 5.69. The fraction of sp³-hybridized carbons (Fsp3) is 0.263. The Kier molecular flexibility index (Phi) is 3.58. The highest BCUT2D eigenvalue weighted by Gasteiger charge is 2.13. The van der Waals surface area contributed by atoms with Crippen LogP contribution < -0.4 is 10.6 Å². The summed E-state index contributed by atoms with van der Waals surface area (Å²) in [6, 6.07) is 14.1. The molecular formula is C19H20N4. The average molecular weight is 304 g/mol. The van der Waals surface area contributed by atoms with Gasteiger partial charge in [0.05, 0.1) is 17.2 Å². The molecule has 2 aromatic carbocycles. The standard InChI is InChI=1S/C19H20N4/c20-16-6-4-5-14(11-16)15-7-8-17-18(12-15)22-19(13-21-17)23-9-2-1-3-10-23/h4-8,11-13H,1-3,9-10,20H2. The van der Waals surface area contributed by atoms with Crippen LogP contribution in [0, 0.1) is 0 Å². The van der Waals surface area contributed by atoms with E-state index < -0.39 is 0 Å². The minimum Gasteiger partial charge on any atom is -0.399 e. The Balaban J connectivity index is 1.74. The third-order valence-electron chi connectivity index (χ3n) is 4.43. The number of anilines is 2. The first kappa shape index (κ1) is 14.0. The Hall–Kier alpha value is -2.62. The molecule has 0 atom stereocenters. The lowest BCUT2D eigenvalue weighted by Gasteiger charge is -2.27. The molecule has 2 heterocycles. The lowest BCUT2D eigenvalue weighted by atomic mass is 10.0. The van der Waals surface area contributed by atoms with Crippen LogP contribution in [0.15, 0.2) is 48.7 Å². The zero-order chi connectivity index (χ0) is 15.6. The zero-order valence-corrected chi connectivity index (χ0v) is 13.1. The van der Waals surface area contributed by atoms with E-state index in [-0.39, 0.29) is 0 Å². The van der Waals surface area contributed by atoms with E-state index in [0.717, 1.165) is 46.8 Å². The number of hydrogen-bond acceptors (Lipinski definition) is 4. The predicted octanol–water partition coefficient (Wildman–Crippen LogP) is 3.87. The van der Waals surface area contributed by atoms with Crippen LogP contribution in [0.3, 0.4) is 0 Å². The molecule has 1 aromatic heterocycles. The van der Waals surface area contributed by atoms with Crippen LogP contribution in [0.4, 0.5) is 11.5 Å². The van der Waals surface area contributed by atoms with E-state index in [1.165, 1.54) is 19.3 Å². The molecule has 2 N–H and O–H groups in total. The second kappa shape index (κ2) is 5.88. The molecule has 116 valence electrons. The molecule has 1 saturated heterocycles. The Morgan fingerprint density at radius 3 is 2.52 bits per heavy atom. The highest BCUT2D eigenvalue weighted by molar-refractivity contribution is 5.82. The number of nitrogen functional groups attached to an aromatic ring is 1. The van der Waals surface area contributed by atoms with Gasteiger partial charge in [-0.2, -0.15) is 0 Å². The molecular weight excluding hydrogens is 284 g/mol. The molecule has 1 aliphatic rings. The molecule has 4 nitrogen and oxygen atoms in total. The van der Waals surface area contributed by atoms with E-state index in [2.05, 4.69) is 28.1 Å². The highest BCUT2D eigenvalue weighted by Crippen LogP contribution is 2.26. The molecule has 0 aliphatic carbocycles. The molecule has 0 radical (unpaired) electrons. The van der Waals surface area contributed by atoms with Gasteiger partial charge in [-0.1, -0.05) is 18.2 Å². The average Bonchev–Trinajstić information content (AvgIpc) is 2.61. The first-order chi connectivity index (χ1) is 11.3. The quantitative estimate of drug-likeness (QED) is 0.730. The Labute approximate surface area is 136 Å². The van der Waals surface area contributed by atoms with Gasteiger partial charge in [0.2, 0.25) is 0 Å². The number of piperidine rings is 1. The van der Waals surface area contributed by atoms with Crippen LogP contribution in [0.1, 0.15) is 19.3 Å². The lowest BCUT2D eigenvalue weighted by Crippen LogP contribution is -2.30. The number of rotatable bonds is 2. The van der Waals surface area contributed by atoms with Gasteiger partial charge in [0.25, 0.3) is 0 Å². The molecule has 3 aromatic rings. The molecule has 1 aliphatic heterocycles. The highest BCUT2D eigenvalue weighted by atomic mass is 15.2. The van der Waals surface area contributed by atoms with Gasteiger partial charge in [0, 0.05) is 18.8 Å². The Morgan fingerprint density at radius 2 is 1.70 bits per heavy atom. The number of nitrogens with two attached hydrogens (primary N) is 1. The maximum Gasteiger partial charge on any atom is 0.147 e. The molecule has 1 fully saturated rings. The van der Waals surface area contributed by atoms with Gasteiger partial charge in [0.15, 0.2) is 0 Å². The summed E-state index contributed by atoms with van der Waals surface area (Å²) in [6.45, 7) is 2.16. The van der Waals surface area contributed by atoms with Crippen molar-refractivity contribution >= 4 is 22.5 Å². The minimum absolute atomic E-state index is 0.774. The SMILES string of the molecule is Nc1cccc(-c2ccc3ncc(N4CCCCC4)nc3c2)c1. The number of hydrogen-bond donors (Lipinski definition) is 1. The maximum atomic E-state index is 5.90. The van der Waals surface area contributed by atoms with Crippen molar-refractivity contribution in [2.45, 2.75) is 19.3 Å². The van der Waals surface area contributed by atoms with Crippen LogP contribution in [0.5, 0.6) is 0 Å². The normalized spacial score (nSPS) is 15.0. The minimum atomic E-state index is 0.774. The van der Waals surface area contributed by atoms with E-state index >= 15 is 0 Å². The van der Waals surface area contributed by atoms with Gasteiger partial charge in [-0.15, -0.1) is 0 Å². The second-order valence-corrected chi connectivity index (χ2v) is 6.10. The summed E-state index contributed by atoms with van der Waals surface area (Å²) in [5.41, 5.74) is 10.8. The van der Waals surface area contributed by atoms with Crippen LogP contribution in [-0.2, 0) is 0 Å². The van der Waals surface area contributed by atoms with Crippen molar-refractivity contribution in [3.05, 3.63) is 48.7 Å². The number of benzene rings is 2. The monoisotopic (exact) mass is 304 g/mol. The van der Waals surface area contributed by atoms with Crippen molar-refractivity contribution in [2.75, 3.05) is 23.7 Å². The zero-order valence-electron chi connectivity index (χ0n) is 13.1. The Bertz CT molecular complexity index is 838. The molecule has 23 heavy (non-hydrogen) atoms. The first-order valence-corrected chi connectivity index (χ1v) is 8.17. The van der Waals surface area contributed by atoms with Gasteiger partial charge in [-0.3, -0.25) is 4.98 Å². The van der Waals surface area contributed by atoms with Crippen molar-refractivity contribution in [1.29, 1.82) is 0 Å². The van der Waals surface area contributed by atoms with Crippen LogP contribution in [0.25, 0.3) is 22.2 Å². The number of nitrogens with zero attached hydrogens (tertiary/aromatic N) is 3. The maximum absolute atomic E-state index is 5.90. The van der Waals surface area contributed by atoms with E-state index in [1.807, 2.05) is 30.5 Å². The number of aromatic nitrogens is 2. The van der Waals surface area contributed by atoms with Gasteiger partial charge in [0.1, 0.15) is 5.82 Å². The van der Waals surface area contributed by atoms with Gasteiger partial charge >= 0.3 is 0 Å². The molecule has 0 saturated carbocycles. The lowest BCUT2D eigenvalue weighted by molar-refractivity contribution is 0.573. The Morgan fingerprint density at radius 1 is 0.870 bits per heavy atom. The molecule has 0 unspecified atom stereocenters. The van der Waals surface area contributed by atoms with Gasteiger partial charge in [-0.25, -0.2) is 4.98 Å². The molecule has 4 heteroatoms. The summed E-state index contributed by atoms with van der Waals surface area (Å²) in [5, 5.41) is 0. The van der Waals surface area contributed by atoms with Crippen LogP contribution >= 0.6 is 0 Å². The van der Waals surface area contributed by atoms with Crippen LogP contribution in [-0.4, -0.2) is 23.1 Å². The third-order valence-corrected chi connectivity index (χ3v) is 4.43. The van der Waals surface area contributed by atoms with Crippen molar-refractivity contribution in [1.82, 2.24) is 9.97 Å². The smallest absolute Gasteiger partial charge is 0.147 e. The van der Waals surface area contributed by atoms with Gasteiger partial charge < -0.3 is 10.6 Å². The van der Waals surface area contributed by atoms with Crippen molar-refractivity contribution in [2.24, 2.45) is 0 Å². The second-order valence-electron chi connectivity index (χ2n) is 6.10. The van der Waals surface area contributed by atoms with Crippen molar-refractivity contribution in [3.63, 3.8) is 0 Å². The molecule has 0 bridgehead atoms. The van der Waals surface area contributed by atoms with E-state index in [9.17, 15) is 0 Å².